The molecule has 0 saturated carbocycles. The van der Waals surface area contributed by atoms with Gasteiger partial charge in [-0.1, -0.05) is 39.7 Å². The first-order valence-corrected chi connectivity index (χ1v) is 7.18. The molecule has 2 rings (SSSR count). The van der Waals surface area contributed by atoms with Crippen LogP contribution in [0.4, 0.5) is 13.2 Å². The Balaban J connectivity index is 2.42. The molecule has 0 fully saturated rings. The maximum Gasteiger partial charge on any atom is 0.416 e. The van der Waals surface area contributed by atoms with Crippen LogP contribution in [0, 0.1) is 6.92 Å². The molecular formula is C15H11BrClF3O. The van der Waals surface area contributed by atoms with Gasteiger partial charge in [0.15, 0.2) is 0 Å². The van der Waals surface area contributed by atoms with Crippen molar-refractivity contribution in [2.24, 2.45) is 0 Å². The molecule has 1 N–H and O–H groups in total. The van der Waals surface area contributed by atoms with Crippen molar-refractivity contribution in [2.45, 2.75) is 19.2 Å². The molecule has 0 aliphatic heterocycles. The molecule has 0 aromatic heterocycles. The van der Waals surface area contributed by atoms with E-state index < -0.39 is 17.8 Å². The minimum absolute atomic E-state index is 0.374. The molecule has 112 valence electrons. The standard InChI is InChI=1S/C15H11BrClF3O/c1-8-6-9(15(18,19)20)2-4-11(8)14(21)12-5-3-10(17)7-13(12)16/h2-7,14,21H,1H3. The van der Waals surface area contributed by atoms with Crippen molar-refractivity contribution in [3.05, 3.63) is 68.1 Å². The molecule has 1 atom stereocenters. The van der Waals surface area contributed by atoms with Crippen LogP contribution in [-0.2, 0) is 6.18 Å². The summed E-state index contributed by atoms with van der Waals surface area (Å²) < 4.78 is 38.5. The van der Waals surface area contributed by atoms with E-state index in [1.165, 1.54) is 13.0 Å². The van der Waals surface area contributed by atoms with Crippen molar-refractivity contribution >= 4 is 27.5 Å². The monoisotopic (exact) mass is 378 g/mol. The zero-order valence-corrected chi connectivity index (χ0v) is 13.2. The second-order valence-electron chi connectivity index (χ2n) is 4.64. The number of rotatable bonds is 2. The molecular weight excluding hydrogens is 369 g/mol. The van der Waals surface area contributed by atoms with Crippen LogP contribution in [0.2, 0.25) is 5.02 Å². The van der Waals surface area contributed by atoms with E-state index in [4.69, 9.17) is 11.6 Å². The minimum atomic E-state index is -4.39. The molecule has 0 saturated heterocycles. The number of hydrogen-bond donors (Lipinski definition) is 1. The van der Waals surface area contributed by atoms with Crippen LogP contribution in [0.1, 0.15) is 28.4 Å². The average Bonchev–Trinajstić information content (AvgIpc) is 2.36. The van der Waals surface area contributed by atoms with Gasteiger partial charge in [-0.05, 0) is 47.9 Å². The smallest absolute Gasteiger partial charge is 0.384 e. The van der Waals surface area contributed by atoms with Crippen molar-refractivity contribution in [3.8, 4) is 0 Å². The van der Waals surface area contributed by atoms with Gasteiger partial charge in [-0.15, -0.1) is 0 Å². The summed E-state index contributed by atoms with van der Waals surface area (Å²) in [4.78, 5) is 0. The number of aryl methyl sites for hydroxylation is 1. The molecule has 0 spiro atoms. The lowest BCUT2D eigenvalue weighted by molar-refractivity contribution is -0.137. The molecule has 2 aromatic rings. The Morgan fingerprint density at radius 3 is 2.24 bits per heavy atom. The van der Waals surface area contributed by atoms with Gasteiger partial charge in [0.25, 0.3) is 0 Å². The summed E-state index contributed by atoms with van der Waals surface area (Å²) in [5.74, 6) is 0. The molecule has 0 aliphatic rings. The van der Waals surface area contributed by atoms with Gasteiger partial charge in [0.1, 0.15) is 6.10 Å². The zero-order valence-electron chi connectivity index (χ0n) is 10.9. The van der Waals surface area contributed by atoms with Crippen LogP contribution in [-0.4, -0.2) is 5.11 Å². The average molecular weight is 380 g/mol. The van der Waals surface area contributed by atoms with E-state index >= 15 is 0 Å². The second-order valence-corrected chi connectivity index (χ2v) is 5.93. The Morgan fingerprint density at radius 2 is 1.71 bits per heavy atom. The predicted octanol–water partition coefficient (Wildman–Crippen LogP) is 5.51. The lowest BCUT2D eigenvalue weighted by atomic mass is 9.96. The van der Waals surface area contributed by atoms with Gasteiger partial charge in [-0.2, -0.15) is 13.2 Å². The van der Waals surface area contributed by atoms with Crippen molar-refractivity contribution in [3.63, 3.8) is 0 Å². The van der Waals surface area contributed by atoms with Crippen molar-refractivity contribution in [1.82, 2.24) is 0 Å². The van der Waals surface area contributed by atoms with E-state index in [2.05, 4.69) is 15.9 Å². The third-order valence-corrected chi connectivity index (χ3v) is 4.07. The molecule has 6 heteroatoms. The summed E-state index contributed by atoms with van der Waals surface area (Å²) in [5.41, 5.74) is 0.610. The quantitative estimate of drug-likeness (QED) is 0.729. The van der Waals surface area contributed by atoms with E-state index in [0.717, 1.165) is 12.1 Å². The Bertz CT molecular complexity index is 670. The summed E-state index contributed by atoms with van der Waals surface area (Å²) in [5, 5.41) is 10.9. The van der Waals surface area contributed by atoms with Crippen LogP contribution in [0.25, 0.3) is 0 Å². The Morgan fingerprint density at radius 1 is 1.10 bits per heavy atom. The topological polar surface area (TPSA) is 20.2 Å². The normalized spacial score (nSPS) is 13.3. The Kier molecular flexibility index (Phi) is 4.66. The summed E-state index contributed by atoms with van der Waals surface area (Å²) in [6, 6.07) is 8.17. The van der Waals surface area contributed by atoms with Gasteiger partial charge in [-0.25, -0.2) is 0 Å². The Hall–Kier alpha value is -1.04. The first-order chi connectivity index (χ1) is 9.70. The fraction of sp³-hybridized carbons (Fsp3) is 0.200. The Labute approximate surface area is 133 Å². The predicted molar refractivity (Wildman–Crippen MR) is 79.4 cm³/mol. The van der Waals surface area contributed by atoms with Crippen LogP contribution in [0.3, 0.4) is 0 Å². The highest BCUT2D eigenvalue weighted by Crippen LogP contribution is 2.35. The van der Waals surface area contributed by atoms with Crippen molar-refractivity contribution in [1.29, 1.82) is 0 Å². The molecule has 21 heavy (non-hydrogen) atoms. The van der Waals surface area contributed by atoms with Crippen LogP contribution in [0.5, 0.6) is 0 Å². The maximum absolute atomic E-state index is 12.6. The summed E-state index contributed by atoms with van der Waals surface area (Å²) in [7, 11) is 0. The van der Waals surface area contributed by atoms with Crippen molar-refractivity contribution in [2.75, 3.05) is 0 Å². The van der Waals surface area contributed by atoms with Gasteiger partial charge in [-0.3, -0.25) is 0 Å². The molecule has 0 bridgehead atoms. The lowest BCUT2D eigenvalue weighted by Crippen LogP contribution is -2.08. The molecule has 0 heterocycles. The number of hydrogen-bond acceptors (Lipinski definition) is 1. The second kappa shape index (κ2) is 5.99. The van der Waals surface area contributed by atoms with Crippen LogP contribution < -0.4 is 0 Å². The highest BCUT2D eigenvalue weighted by Gasteiger charge is 2.31. The molecule has 0 radical (unpaired) electrons. The van der Waals surface area contributed by atoms with Gasteiger partial charge in [0.05, 0.1) is 5.56 Å². The van der Waals surface area contributed by atoms with Gasteiger partial charge < -0.3 is 5.11 Å². The fourth-order valence-corrected chi connectivity index (χ4v) is 2.95. The first-order valence-electron chi connectivity index (χ1n) is 6.01. The third kappa shape index (κ3) is 3.59. The first kappa shape index (κ1) is 16.3. The van der Waals surface area contributed by atoms with E-state index in [1.807, 2.05) is 0 Å². The molecule has 1 unspecified atom stereocenters. The molecule has 2 aromatic carbocycles. The van der Waals surface area contributed by atoms with Crippen molar-refractivity contribution < 1.29 is 18.3 Å². The van der Waals surface area contributed by atoms with Gasteiger partial charge in [0, 0.05) is 9.50 Å². The van der Waals surface area contributed by atoms with Gasteiger partial charge >= 0.3 is 6.18 Å². The summed E-state index contributed by atoms with van der Waals surface area (Å²) >= 11 is 9.12. The molecule has 0 amide bonds. The van der Waals surface area contributed by atoms with Crippen LogP contribution in [0.15, 0.2) is 40.9 Å². The fourth-order valence-electron chi connectivity index (χ4n) is 2.05. The van der Waals surface area contributed by atoms with E-state index in [1.54, 1.807) is 18.2 Å². The maximum atomic E-state index is 12.6. The number of aliphatic hydroxyl groups is 1. The lowest BCUT2D eigenvalue weighted by Gasteiger charge is -2.17. The summed E-state index contributed by atoms with van der Waals surface area (Å²) in [6.45, 7) is 1.54. The number of benzene rings is 2. The van der Waals surface area contributed by atoms with E-state index in [9.17, 15) is 18.3 Å². The van der Waals surface area contributed by atoms with E-state index in [-0.39, 0.29) is 0 Å². The SMILES string of the molecule is Cc1cc(C(F)(F)F)ccc1C(O)c1ccc(Cl)cc1Br. The summed E-state index contributed by atoms with van der Waals surface area (Å²) in [6.07, 6.45) is -5.42. The highest BCUT2D eigenvalue weighted by atomic mass is 79.9. The van der Waals surface area contributed by atoms with E-state index in [0.29, 0.717) is 26.2 Å². The molecule has 1 nitrogen and oxygen atoms in total. The number of alkyl halides is 3. The highest BCUT2D eigenvalue weighted by molar-refractivity contribution is 9.10. The minimum Gasteiger partial charge on any atom is -0.384 e. The number of aliphatic hydroxyl groups excluding tert-OH is 1. The van der Waals surface area contributed by atoms with Gasteiger partial charge in [0.2, 0.25) is 0 Å². The van der Waals surface area contributed by atoms with Crippen LogP contribution >= 0.6 is 27.5 Å². The number of halogens is 5. The largest absolute Gasteiger partial charge is 0.416 e. The zero-order chi connectivity index (χ0) is 15.8. The molecule has 0 aliphatic carbocycles. The third-order valence-electron chi connectivity index (χ3n) is 3.15.